The Kier molecular flexibility index (Phi) is 4.80. The largest absolute Gasteiger partial charge is 0.396 e. The van der Waals surface area contributed by atoms with Crippen LogP contribution in [0.3, 0.4) is 0 Å². The molecule has 1 fully saturated rings. The van der Waals surface area contributed by atoms with Crippen LogP contribution in [0.15, 0.2) is 0 Å². The second kappa shape index (κ2) is 5.71. The molecule has 7 N–H and O–H groups in total. The molecule has 0 radical (unpaired) electrons. The topological polar surface area (TPSA) is 136 Å². The highest BCUT2D eigenvalue weighted by Crippen LogP contribution is 2.25. The third kappa shape index (κ3) is 2.57. The van der Waals surface area contributed by atoms with Crippen LogP contribution < -0.4 is 11.5 Å². The van der Waals surface area contributed by atoms with Crippen molar-refractivity contribution in [2.24, 2.45) is 11.5 Å². The van der Waals surface area contributed by atoms with Crippen molar-refractivity contribution in [2.75, 3.05) is 32.9 Å². The first-order valence-corrected chi connectivity index (χ1v) is 5.49. The lowest BCUT2D eigenvalue weighted by molar-refractivity contribution is -0.142. The zero-order valence-corrected chi connectivity index (χ0v) is 9.62. The van der Waals surface area contributed by atoms with Crippen molar-refractivity contribution in [1.82, 2.24) is 10.0 Å². The van der Waals surface area contributed by atoms with Crippen molar-refractivity contribution in [1.29, 1.82) is 0 Å². The number of carbonyl (C=O) groups is 1. The number of β-amino-alcohol motifs (C(OH)–C–C–N with tert-alkyl or cyclic N) is 2. The highest BCUT2D eigenvalue weighted by molar-refractivity contribution is 5.88. The maximum atomic E-state index is 11.9. The predicted molar refractivity (Wildman–Crippen MR) is 59.2 cm³/mol. The van der Waals surface area contributed by atoms with Gasteiger partial charge in [0.25, 0.3) is 5.91 Å². The second-order valence-corrected chi connectivity index (χ2v) is 4.00. The van der Waals surface area contributed by atoms with Gasteiger partial charge in [-0.25, -0.2) is 5.01 Å². The maximum absolute atomic E-state index is 11.9. The summed E-state index contributed by atoms with van der Waals surface area (Å²) in [6.07, 6.45) is 0.223. The molecule has 0 spiro atoms. The van der Waals surface area contributed by atoms with Gasteiger partial charge in [-0.15, -0.1) is 0 Å². The van der Waals surface area contributed by atoms with Crippen LogP contribution in [0.2, 0.25) is 0 Å². The van der Waals surface area contributed by atoms with Gasteiger partial charge in [0, 0.05) is 13.2 Å². The average molecular weight is 248 g/mol. The van der Waals surface area contributed by atoms with Crippen molar-refractivity contribution in [3.63, 3.8) is 0 Å². The highest BCUT2D eigenvalue weighted by Gasteiger charge is 2.53. The fourth-order valence-electron chi connectivity index (χ4n) is 2.11. The number of aliphatic hydroxyl groups is 3. The number of rotatable bonds is 6. The molecule has 1 aliphatic rings. The molecule has 1 saturated heterocycles. The fraction of sp³-hybridized carbons (Fsp3) is 0.889. The van der Waals surface area contributed by atoms with E-state index in [2.05, 4.69) is 0 Å². The van der Waals surface area contributed by atoms with Gasteiger partial charge in [0.05, 0.1) is 25.8 Å². The van der Waals surface area contributed by atoms with Crippen LogP contribution in [0.5, 0.6) is 0 Å². The fourth-order valence-corrected chi connectivity index (χ4v) is 2.11. The molecular formula is C9H20N4O4. The monoisotopic (exact) mass is 248 g/mol. The van der Waals surface area contributed by atoms with Gasteiger partial charge in [0.2, 0.25) is 0 Å². The highest BCUT2D eigenvalue weighted by atomic mass is 16.3. The molecule has 0 bridgehead atoms. The molecule has 1 aliphatic heterocycles. The molecule has 8 nitrogen and oxygen atoms in total. The lowest BCUT2D eigenvalue weighted by atomic mass is 10.0. The minimum absolute atomic E-state index is 0.0664. The Morgan fingerprint density at radius 2 is 1.71 bits per heavy atom. The standard InChI is InChI=1S/C9H20N4O4/c10-9(11)7(1-4-14)12(2-5-15)13(3-6-16)8(9)17/h7,14-16H,1-6,10-11H2. The molecule has 1 rings (SSSR count). The van der Waals surface area contributed by atoms with Crippen molar-refractivity contribution in [2.45, 2.75) is 18.1 Å². The van der Waals surface area contributed by atoms with Gasteiger partial charge in [-0.05, 0) is 6.42 Å². The van der Waals surface area contributed by atoms with E-state index < -0.39 is 17.6 Å². The summed E-state index contributed by atoms with van der Waals surface area (Å²) < 4.78 is 0. The van der Waals surface area contributed by atoms with E-state index in [0.29, 0.717) is 0 Å². The smallest absolute Gasteiger partial charge is 0.273 e. The van der Waals surface area contributed by atoms with Crippen molar-refractivity contribution >= 4 is 5.91 Å². The Morgan fingerprint density at radius 1 is 1.12 bits per heavy atom. The van der Waals surface area contributed by atoms with Crippen molar-refractivity contribution in [3.8, 4) is 0 Å². The molecule has 100 valence electrons. The van der Waals surface area contributed by atoms with Crippen LogP contribution >= 0.6 is 0 Å². The van der Waals surface area contributed by atoms with Gasteiger partial charge in [-0.2, -0.15) is 0 Å². The van der Waals surface area contributed by atoms with Crippen LogP contribution in [0.1, 0.15) is 6.42 Å². The van der Waals surface area contributed by atoms with E-state index in [1.54, 1.807) is 0 Å². The molecule has 0 aromatic rings. The Balaban J connectivity index is 2.95. The number of carbonyl (C=O) groups excluding carboxylic acids is 1. The molecule has 0 aliphatic carbocycles. The summed E-state index contributed by atoms with van der Waals surface area (Å²) >= 11 is 0. The Bertz CT molecular complexity index is 274. The third-order valence-electron chi connectivity index (χ3n) is 2.87. The molecule has 1 heterocycles. The number of hydrogen-bond acceptors (Lipinski definition) is 7. The van der Waals surface area contributed by atoms with E-state index in [0.717, 1.165) is 0 Å². The van der Waals surface area contributed by atoms with E-state index >= 15 is 0 Å². The van der Waals surface area contributed by atoms with Crippen LogP contribution in [-0.4, -0.2) is 75.9 Å². The third-order valence-corrected chi connectivity index (χ3v) is 2.87. The number of nitrogens with two attached hydrogens (primary N) is 2. The van der Waals surface area contributed by atoms with Gasteiger partial charge in [-0.3, -0.25) is 9.80 Å². The first-order valence-electron chi connectivity index (χ1n) is 5.49. The van der Waals surface area contributed by atoms with Crippen LogP contribution in [-0.2, 0) is 4.79 Å². The zero-order chi connectivity index (χ0) is 13.1. The van der Waals surface area contributed by atoms with Gasteiger partial charge >= 0.3 is 0 Å². The summed E-state index contributed by atoms with van der Waals surface area (Å²) in [5.41, 5.74) is 9.92. The van der Waals surface area contributed by atoms with E-state index in [1.807, 2.05) is 0 Å². The van der Waals surface area contributed by atoms with E-state index in [9.17, 15) is 4.79 Å². The van der Waals surface area contributed by atoms with Crippen molar-refractivity contribution in [3.05, 3.63) is 0 Å². The summed E-state index contributed by atoms with van der Waals surface area (Å²) in [6.45, 7) is -0.324. The first-order chi connectivity index (χ1) is 8.00. The van der Waals surface area contributed by atoms with Gasteiger partial charge in [-0.1, -0.05) is 0 Å². The molecule has 8 heteroatoms. The molecule has 0 aromatic carbocycles. The number of aliphatic hydroxyl groups excluding tert-OH is 3. The normalized spacial score (nSPS) is 24.6. The molecule has 0 saturated carbocycles. The molecule has 1 atom stereocenters. The summed E-state index contributed by atoms with van der Waals surface area (Å²) in [5.74, 6) is -0.515. The van der Waals surface area contributed by atoms with Gasteiger partial charge < -0.3 is 26.8 Å². The van der Waals surface area contributed by atoms with E-state index in [4.69, 9.17) is 26.8 Å². The molecule has 17 heavy (non-hydrogen) atoms. The minimum atomic E-state index is -1.60. The van der Waals surface area contributed by atoms with Crippen molar-refractivity contribution < 1.29 is 20.1 Å². The summed E-state index contributed by atoms with van der Waals surface area (Å²) in [4.78, 5) is 11.9. The van der Waals surface area contributed by atoms with E-state index in [1.165, 1.54) is 10.0 Å². The SMILES string of the molecule is NC1(N)C(=O)N(CCO)N(CCO)C1CCO. The van der Waals surface area contributed by atoms with E-state index in [-0.39, 0.29) is 39.3 Å². The lowest BCUT2D eigenvalue weighted by Crippen LogP contribution is -2.63. The number of nitrogens with zero attached hydrogens (tertiary/aromatic N) is 2. The Morgan fingerprint density at radius 3 is 2.18 bits per heavy atom. The number of amides is 1. The van der Waals surface area contributed by atoms with Gasteiger partial charge in [0.1, 0.15) is 0 Å². The molecule has 0 aromatic heterocycles. The zero-order valence-electron chi connectivity index (χ0n) is 9.62. The lowest BCUT2D eigenvalue weighted by Gasteiger charge is -2.31. The Hall–Kier alpha value is -0.770. The first kappa shape index (κ1) is 14.3. The number of hydrazine groups is 1. The summed E-state index contributed by atoms with van der Waals surface area (Å²) in [5, 5.41) is 29.6. The molecular weight excluding hydrogens is 228 g/mol. The average Bonchev–Trinajstić information content (AvgIpc) is 2.44. The van der Waals surface area contributed by atoms with Crippen LogP contribution in [0, 0.1) is 0 Å². The minimum Gasteiger partial charge on any atom is -0.396 e. The van der Waals surface area contributed by atoms with Crippen LogP contribution in [0.4, 0.5) is 0 Å². The Labute approximate surface area is 99.4 Å². The second-order valence-electron chi connectivity index (χ2n) is 4.00. The molecule has 1 unspecified atom stereocenters. The quantitative estimate of drug-likeness (QED) is 0.306. The van der Waals surface area contributed by atoms with Crippen LogP contribution in [0.25, 0.3) is 0 Å². The van der Waals surface area contributed by atoms with Gasteiger partial charge in [0.15, 0.2) is 5.66 Å². The summed E-state index contributed by atoms with van der Waals surface area (Å²) in [6, 6.07) is -0.585. The molecule has 1 amide bonds. The number of hydrogen-bond donors (Lipinski definition) is 5. The summed E-state index contributed by atoms with van der Waals surface area (Å²) in [7, 11) is 0. The maximum Gasteiger partial charge on any atom is 0.273 e. The predicted octanol–water partition coefficient (Wildman–Crippen LogP) is -3.61.